The average molecular weight is 250 g/mol. The van der Waals surface area contributed by atoms with Crippen LogP contribution in [0.3, 0.4) is 0 Å². The van der Waals surface area contributed by atoms with Crippen molar-refractivity contribution in [3.05, 3.63) is 29.8 Å². The Morgan fingerprint density at radius 2 is 2.18 bits per heavy atom. The highest BCUT2D eigenvalue weighted by molar-refractivity contribution is 7.99. The Balaban J connectivity index is 2.09. The number of hydrogen-bond acceptors (Lipinski definition) is 3. The molecule has 1 aromatic carbocycles. The zero-order chi connectivity index (χ0) is 12.1. The van der Waals surface area contributed by atoms with E-state index in [1.165, 1.54) is 4.90 Å². The molecule has 1 aromatic rings. The van der Waals surface area contributed by atoms with E-state index < -0.39 is 0 Å². The molecule has 0 unspecified atom stereocenters. The van der Waals surface area contributed by atoms with Crippen LogP contribution >= 0.6 is 11.8 Å². The minimum absolute atomic E-state index is 0.157. The standard InChI is InChI=1S/C13H18N2OS/c1-2-17-12-5-3-4-11(10-12)13(16)15-8-6-14-7-9-15/h3-5,10,14H,2,6-9H2,1H3. The van der Waals surface area contributed by atoms with Crippen LogP contribution in [-0.2, 0) is 0 Å². The van der Waals surface area contributed by atoms with Gasteiger partial charge in [0, 0.05) is 36.6 Å². The van der Waals surface area contributed by atoms with Gasteiger partial charge in [0.05, 0.1) is 0 Å². The summed E-state index contributed by atoms with van der Waals surface area (Å²) in [6, 6.07) is 7.93. The van der Waals surface area contributed by atoms with Gasteiger partial charge in [-0.2, -0.15) is 0 Å². The Morgan fingerprint density at radius 3 is 2.88 bits per heavy atom. The van der Waals surface area contributed by atoms with Crippen LogP contribution in [0, 0.1) is 0 Å². The second kappa shape index (κ2) is 6.07. The number of nitrogens with zero attached hydrogens (tertiary/aromatic N) is 1. The Hall–Kier alpha value is -1.00. The largest absolute Gasteiger partial charge is 0.336 e. The fraction of sp³-hybridized carbons (Fsp3) is 0.462. The van der Waals surface area contributed by atoms with Crippen LogP contribution in [0.15, 0.2) is 29.2 Å². The number of amides is 1. The van der Waals surface area contributed by atoms with Gasteiger partial charge in [-0.05, 0) is 24.0 Å². The molecule has 2 rings (SSSR count). The molecule has 0 aromatic heterocycles. The van der Waals surface area contributed by atoms with Crippen LogP contribution in [0.4, 0.5) is 0 Å². The lowest BCUT2D eigenvalue weighted by atomic mass is 10.2. The van der Waals surface area contributed by atoms with E-state index in [1.54, 1.807) is 11.8 Å². The summed E-state index contributed by atoms with van der Waals surface area (Å²) < 4.78 is 0. The van der Waals surface area contributed by atoms with E-state index in [9.17, 15) is 4.79 Å². The summed E-state index contributed by atoms with van der Waals surface area (Å²) in [7, 11) is 0. The number of rotatable bonds is 3. The average Bonchev–Trinajstić information content (AvgIpc) is 2.40. The van der Waals surface area contributed by atoms with Crippen molar-refractivity contribution in [2.75, 3.05) is 31.9 Å². The predicted octanol–water partition coefficient (Wildman–Crippen LogP) is 1.84. The van der Waals surface area contributed by atoms with Gasteiger partial charge in [-0.15, -0.1) is 11.8 Å². The third-order valence-electron chi connectivity index (χ3n) is 2.80. The van der Waals surface area contributed by atoms with Crippen molar-refractivity contribution >= 4 is 17.7 Å². The maximum absolute atomic E-state index is 12.2. The molecule has 0 bridgehead atoms. The highest BCUT2D eigenvalue weighted by atomic mass is 32.2. The van der Waals surface area contributed by atoms with Crippen molar-refractivity contribution < 1.29 is 4.79 Å². The van der Waals surface area contributed by atoms with E-state index in [0.717, 1.165) is 37.5 Å². The van der Waals surface area contributed by atoms with E-state index in [2.05, 4.69) is 18.3 Å². The summed E-state index contributed by atoms with van der Waals surface area (Å²) in [5, 5.41) is 3.25. The third kappa shape index (κ3) is 3.23. The number of hydrogen-bond donors (Lipinski definition) is 1. The Kier molecular flexibility index (Phi) is 4.45. The zero-order valence-electron chi connectivity index (χ0n) is 10.1. The SMILES string of the molecule is CCSc1cccc(C(=O)N2CCNCC2)c1. The molecule has 1 heterocycles. The molecular formula is C13H18N2OS. The van der Waals surface area contributed by atoms with Gasteiger partial charge in [0.25, 0.3) is 5.91 Å². The minimum Gasteiger partial charge on any atom is -0.336 e. The Labute approximate surface area is 107 Å². The summed E-state index contributed by atoms with van der Waals surface area (Å²) in [4.78, 5) is 15.3. The summed E-state index contributed by atoms with van der Waals surface area (Å²) in [5.74, 6) is 1.19. The molecule has 0 aliphatic carbocycles. The lowest BCUT2D eigenvalue weighted by Crippen LogP contribution is -2.46. The van der Waals surface area contributed by atoms with Gasteiger partial charge in [0.2, 0.25) is 0 Å². The maximum atomic E-state index is 12.2. The predicted molar refractivity (Wildman–Crippen MR) is 71.6 cm³/mol. The summed E-state index contributed by atoms with van der Waals surface area (Å²) >= 11 is 1.77. The third-order valence-corrected chi connectivity index (χ3v) is 3.67. The van der Waals surface area contributed by atoms with Gasteiger partial charge >= 0.3 is 0 Å². The van der Waals surface area contributed by atoms with Crippen LogP contribution in [-0.4, -0.2) is 42.7 Å². The molecule has 1 N–H and O–H groups in total. The number of carbonyl (C=O) groups is 1. The second-order valence-electron chi connectivity index (χ2n) is 4.00. The van der Waals surface area contributed by atoms with Crippen LogP contribution in [0.5, 0.6) is 0 Å². The van der Waals surface area contributed by atoms with Crippen LogP contribution in [0.1, 0.15) is 17.3 Å². The van der Waals surface area contributed by atoms with Crippen molar-refractivity contribution in [3.63, 3.8) is 0 Å². The molecule has 17 heavy (non-hydrogen) atoms. The number of piperazine rings is 1. The number of nitrogens with one attached hydrogen (secondary N) is 1. The normalized spacial score (nSPS) is 15.9. The molecule has 3 nitrogen and oxygen atoms in total. The van der Waals surface area contributed by atoms with Gasteiger partial charge in [-0.1, -0.05) is 13.0 Å². The molecule has 1 amide bonds. The molecule has 0 atom stereocenters. The first kappa shape index (κ1) is 12.5. The van der Waals surface area contributed by atoms with E-state index in [-0.39, 0.29) is 5.91 Å². The number of thioether (sulfide) groups is 1. The monoisotopic (exact) mass is 250 g/mol. The smallest absolute Gasteiger partial charge is 0.253 e. The molecule has 1 fully saturated rings. The molecular weight excluding hydrogens is 232 g/mol. The molecule has 4 heteroatoms. The summed E-state index contributed by atoms with van der Waals surface area (Å²) in [5.41, 5.74) is 0.811. The summed E-state index contributed by atoms with van der Waals surface area (Å²) in [6.07, 6.45) is 0. The molecule has 1 saturated heterocycles. The minimum atomic E-state index is 0.157. The van der Waals surface area contributed by atoms with E-state index >= 15 is 0 Å². The van der Waals surface area contributed by atoms with Crippen LogP contribution < -0.4 is 5.32 Å². The van der Waals surface area contributed by atoms with E-state index in [0.29, 0.717) is 0 Å². The van der Waals surface area contributed by atoms with Crippen molar-refractivity contribution in [1.29, 1.82) is 0 Å². The second-order valence-corrected chi connectivity index (χ2v) is 5.34. The molecule has 0 saturated carbocycles. The van der Waals surface area contributed by atoms with Gasteiger partial charge in [-0.3, -0.25) is 4.79 Å². The lowest BCUT2D eigenvalue weighted by Gasteiger charge is -2.27. The van der Waals surface area contributed by atoms with E-state index in [1.807, 2.05) is 23.1 Å². The van der Waals surface area contributed by atoms with Gasteiger partial charge < -0.3 is 10.2 Å². The van der Waals surface area contributed by atoms with Crippen molar-refractivity contribution in [2.45, 2.75) is 11.8 Å². The molecule has 0 radical (unpaired) electrons. The first-order valence-electron chi connectivity index (χ1n) is 6.04. The Morgan fingerprint density at radius 1 is 1.41 bits per heavy atom. The van der Waals surface area contributed by atoms with Crippen molar-refractivity contribution in [2.24, 2.45) is 0 Å². The highest BCUT2D eigenvalue weighted by Crippen LogP contribution is 2.19. The molecule has 92 valence electrons. The first-order chi connectivity index (χ1) is 8.31. The number of carbonyl (C=O) groups excluding carboxylic acids is 1. The fourth-order valence-electron chi connectivity index (χ4n) is 1.94. The quantitative estimate of drug-likeness (QED) is 0.831. The fourth-order valence-corrected chi connectivity index (χ4v) is 2.65. The van der Waals surface area contributed by atoms with Crippen molar-refractivity contribution in [1.82, 2.24) is 10.2 Å². The van der Waals surface area contributed by atoms with Gasteiger partial charge in [0.15, 0.2) is 0 Å². The summed E-state index contributed by atoms with van der Waals surface area (Å²) in [6.45, 7) is 5.54. The van der Waals surface area contributed by atoms with Crippen LogP contribution in [0.25, 0.3) is 0 Å². The highest BCUT2D eigenvalue weighted by Gasteiger charge is 2.17. The number of benzene rings is 1. The lowest BCUT2D eigenvalue weighted by molar-refractivity contribution is 0.0735. The molecule has 1 aliphatic heterocycles. The molecule has 0 spiro atoms. The maximum Gasteiger partial charge on any atom is 0.253 e. The molecule has 1 aliphatic rings. The van der Waals surface area contributed by atoms with Gasteiger partial charge in [-0.25, -0.2) is 0 Å². The topological polar surface area (TPSA) is 32.3 Å². The zero-order valence-corrected chi connectivity index (χ0v) is 10.9. The Bertz CT molecular complexity index is 389. The first-order valence-corrected chi connectivity index (χ1v) is 7.02. The van der Waals surface area contributed by atoms with Gasteiger partial charge in [0.1, 0.15) is 0 Å². The van der Waals surface area contributed by atoms with E-state index in [4.69, 9.17) is 0 Å². The van der Waals surface area contributed by atoms with Crippen LogP contribution in [0.2, 0.25) is 0 Å². The van der Waals surface area contributed by atoms with Crippen molar-refractivity contribution in [3.8, 4) is 0 Å².